The second-order valence-corrected chi connectivity index (χ2v) is 7.28. The largest absolute Gasteiger partial charge is 0.454 e. The molecule has 1 amide bonds. The molecule has 0 aromatic heterocycles. The summed E-state index contributed by atoms with van der Waals surface area (Å²) in [5.74, 6) is -1.13. The zero-order chi connectivity index (χ0) is 22.9. The molecule has 0 aliphatic carbocycles. The highest BCUT2D eigenvalue weighted by atomic mass is 16.7. The van der Waals surface area contributed by atoms with Crippen molar-refractivity contribution in [1.82, 2.24) is 0 Å². The van der Waals surface area contributed by atoms with Crippen molar-refractivity contribution < 1.29 is 43.2 Å². The fourth-order valence-electron chi connectivity index (χ4n) is 3.47. The maximum Gasteiger partial charge on any atom is 0.412 e. The molecular formula is C22H27NO9. The second kappa shape index (κ2) is 11.6. The monoisotopic (exact) mass is 449 g/mol. The van der Waals surface area contributed by atoms with E-state index in [0.717, 1.165) is 0 Å². The average Bonchev–Trinajstić information content (AvgIpc) is 2.78. The van der Waals surface area contributed by atoms with Crippen LogP contribution < -0.4 is 5.32 Å². The van der Waals surface area contributed by atoms with E-state index in [9.17, 15) is 19.5 Å². The van der Waals surface area contributed by atoms with Gasteiger partial charge < -0.3 is 28.8 Å². The number of ether oxygens (including phenoxy) is 5. The Morgan fingerprint density at radius 2 is 1.69 bits per heavy atom. The van der Waals surface area contributed by atoms with Crippen molar-refractivity contribution in [3.63, 3.8) is 0 Å². The number of hydrogen-bond acceptors (Lipinski definition) is 9. The Kier molecular flexibility index (Phi) is 8.60. The lowest BCUT2D eigenvalue weighted by Crippen LogP contribution is -2.62. The lowest BCUT2D eigenvalue weighted by atomic mass is 9.98. The zero-order valence-electron chi connectivity index (χ0n) is 17.7. The van der Waals surface area contributed by atoms with Crippen LogP contribution in [0.1, 0.15) is 25.7 Å². The van der Waals surface area contributed by atoms with Gasteiger partial charge in [-0.1, -0.05) is 30.4 Å². The predicted octanol–water partition coefficient (Wildman–Crippen LogP) is 1.92. The number of methoxy groups -OCH3 is 1. The first-order valence-corrected chi connectivity index (χ1v) is 10.4. The summed E-state index contributed by atoms with van der Waals surface area (Å²) in [6.45, 7) is -0.555. The van der Waals surface area contributed by atoms with Crippen molar-refractivity contribution in [2.45, 2.75) is 56.4 Å². The molecule has 1 fully saturated rings. The van der Waals surface area contributed by atoms with Gasteiger partial charge in [0.2, 0.25) is 0 Å². The molecule has 0 spiro atoms. The molecular weight excluding hydrogens is 422 g/mol. The minimum atomic E-state index is -1.25. The van der Waals surface area contributed by atoms with Crippen LogP contribution in [-0.2, 0) is 33.3 Å². The van der Waals surface area contributed by atoms with Gasteiger partial charge in [-0.15, -0.1) is 0 Å². The Morgan fingerprint density at radius 3 is 2.28 bits per heavy atom. The molecule has 5 atom stereocenters. The molecule has 3 rings (SSSR count). The minimum Gasteiger partial charge on any atom is -0.454 e. The molecule has 1 saturated heterocycles. The normalized spacial score (nSPS) is 28.9. The van der Waals surface area contributed by atoms with E-state index in [4.69, 9.17) is 23.7 Å². The minimum absolute atomic E-state index is 0.0822. The van der Waals surface area contributed by atoms with Gasteiger partial charge in [-0.25, -0.2) is 4.79 Å². The molecule has 10 nitrogen and oxygen atoms in total. The smallest absolute Gasteiger partial charge is 0.412 e. The quantitative estimate of drug-likeness (QED) is 0.402. The number of amides is 1. The number of hydrogen-bond donors (Lipinski definition) is 2. The molecule has 0 bridgehead atoms. The van der Waals surface area contributed by atoms with Crippen LogP contribution >= 0.6 is 0 Å². The summed E-state index contributed by atoms with van der Waals surface area (Å²) in [5, 5.41) is 12.4. The van der Waals surface area contributed by atoms with Gasteiger partial charge in [-0.2, -0.15) is 0 Å². The van der Waals surface area contributed by atoms with Crippen molar-refractivity contribution in [3.8, 4) is 0 Å². The Morgan fingerprint density at radius 1 is 1.06 bits per heavy atom. The number of esters is 2. The maximum atomic E-state index is 12.5. The van der Waals surface area contributed by atoms with E-state index in [1.165, 1.54) is 7.11 Å². The number of nitrogens with one attached hydrogen (secondary N) is 1. The first kappa shape index (κ1) is 23.7. The fourth-order valence-corrected chi connectivity index (χ4v) is 3.47. The number of aliphatic hydroxyl groups is 1. The van der Waals surface area contributed by atoms with Crippen LogP contribution in [0.3, 0.4) is 0 Å². The van der Waals surface area contributed by atoms with Crippen LogP contribution in [0.2, 0.25) is 0 Å². The number of para-hydroxylation sites is 1. The molecule has 2 aliphatic heterocycles. The van der Waals surface area contributed by atoms with Crippen LogP contribution in [0.5, 0.6) is 0 Å². The number of carbonyl (C=O) groups is 3. The average molecular weight is 449 g/mol. The van der Waals surface area contributed by atoms with Crippen LogP contribution in [0.25, 0.3) is 0 Å². The number of aliphatic hydroxyl groups excluding tert-OH is 1. The third kappa shape index (κ3) is 6.28. The summed E-state index contributed by atoms with van der Waals surface area (Å²) >= 11 is 0. The number of carbonyl (C=O) groups excluding carboxylic acids is 3. The maximum absolute atomic E-state index is 12.5. The molecule has 0 saturated carbocycles. The van der Waals surface area contributed by atoms with Gasteiger partial charge in [0.15, 0.2) is 24.6 Å². The van der Waals surface area contributed by atoms with E-state index in [0.29, 0.717) is 18.5 Å². The van der Waals surface area contributed by atoms with E-state index >= 15 is 0 Å². The number of fused-ring (bicyclic) bond motifs is 1. The predicted molar refractivity (Wildman–Crippen MR) is 110 cm³/mol. The van der Waals surface area contributed by atoms with Crippen molar-refractivity contribution in [2.24, 2.45) is 0 Å². The Labute approximate surface area is 185 Å². The van der Waals surface area contributed by atoms with Gasteiger partial charge in [-0.05, 0) is 25.0 Å². The second-order valence-electron chi connectivity index (χ2n) is 7.28. The summed E-state index contributed by atoms with van der Waals surface area (Å²) in [6.07, 6.45) is -2.12. The molecule has 32 heavy (non-hydrogen) atoms. The fraction of sp³-hybridized carbons (Fsp3) is 0.500. The molecule has 10 heteroatoms. The van der Waals surface area contributed by atoms with Gasteiger partial charge in [0.05, 0.1) is 6.61 Å². The van der Waals surface area contributed by atoms with Crippen molar-refractivity contribution in [2.75, 3.05) is 19.0 Å². The number of allylic oxidation sites excluding steroid dienone is 2. The van der Waals surface area contributed by atoms with Crippen LogP contribution in [0, 0.1) is 0 Å². The van der Waals surface area contributed by atoms with E-state index < -0.39 is 55.3 Å². The van der Waals surface area contributed by atoms with Gasteiger partial charge >= 0.3 is 18.0 Å². The topological polar surface area (TPSA) is 130 Å². The van der Waals surface area contributed by atoms with Gasteiger partial charge in [0.1, 0.15) is 6.10 Å². The first-order valence-electron chi connectivity index (χ1n) is 10.4. The lowest BCUT2D eigenvalue weighted by molar-refractivity contribution is -0.299. The summed E-state index contributed by atoms with van der Waals surface area (Å²) < 4.78 is 27.5. The van der Waals surface area contributed by atoms with E-state index in [-0.39, 0.29) is 12.8 Å². The van der Waals surface area contributed by atoms with Crippen molar-refractivity contribution in [3.05, 3.63) is 42.5 Å². The summed E-state index contributed by atoms with van der Waals surface area (Å²) in [7, 11) is 1.33. The van der Waals surface area contributed by atoms with Crippen LogP contribution in [-0.4, -0.2) is 67.6 Å². The highest BCUT2D eigenvalue weighted by Gasteiger charge is 2.52. The Bertz CT molecular complexity index is 813. The number of anilines is 1. The third-order valence-electron chi connectivity index (χ3n) is 5.00. The lowest BCUT2D eigenvalue weighted by Gasteiger charge is -2.43. The standard InChI is InChI=1S/C22H27NO9/c1-28-21-20-19(30-16(25)11-7-2-3-8-12-17(26)31-20)18(15(13-24)29-21)32-22(27)23-14-9-5-4-6-10-14/h2-6,9-10,15,18-21,24H,7-8,11-13H2,1H3,(H,23,27)/t15-,18+,19+,20-,21+/m1/s1. The van der Waals surface area contributed by atoms with Crippen molar-refractivity contribution >= 4 is 23.7 Å². The van der Waals surface area contributed by atoms with Crippen molar-refractivity contribution in [1.29, 1.82) is 0 Å². The van der Waals surface area contributed by atoms with Gasteiger partial charge in [0.25, 0.3) is 0 Å². The Balaban J connectivity index is 1.86. The first-order chi connectivity index (χ1) is 15.5. The number of benzene rings is 1. The molecule has 2 heterocycles. The summed E-state index contributed by atoms with van der Waals surface area (Å²) in [4.78, 5) is 37.3. The molecule has 174 valence electrons. The zero-order valence-corrected chi connectivity index (χ0v) is 17.7. The third-order valence-corrected chi connectivity index (χ3v) is 5.00. The van der Waals surface area contributed by atoms with E-state index in [1.807, 2.05) is 0 Å². The highest BCUT2D eigenvalue weighted by molar-refractivity contribution is 5.84. The molecule has 1 aromatic rings. The van der Waals surface area contributed by atoms with E-state index in [1.54, 1.807) is 42.5 Å². The molecule has 2 N–H and O–H groups in total. The number of rotatable bonds is 4. The molecule has 2 aliphatic rings. The summed E-state index contributed by atoms with van der Waals surface area (Å²) in [6, 6.07) is 8.58. The summed E-state index contributed by atoms with van der Waals surface area (Å²) in [5.41, 5.74) is 0.481. The van der Waals surface area contributed by atoms with Crippen LogP contribution in [0.4, 0.5) is 10.5 Å². The highest BCUT2D eigenvalue weighted by Crippen LogP contribution is 2.30. The molecule has 1 aromatic carbocycles. The van der Waals surface area contributed by atoms with Crippen LogP contribution in [0.15, 0.2) is 42.5 Å². The van der Waals surface area contributed by atoms with E-state index in [2.05, 4.69) is 5.32 Å². The molecule has 0 radical (unpaired) electrons. The SMILES string of the molecule is CO[C@H]1O[C@H](CO)[C@H](OC(=O)Nc2ccccc2)[C@@H]2OC(=O)CCC=CCCC(=O)O[C@@H]12. The van der Waals surface area contributed by atoms with Gasteiger partial charge in [0, 0.05) is 25.6 Å². The van der Waals surface area contributed by atoms with Gasteiger partial charge in [-0.3, -0.25) is 14.9 Å². The Hall–Kier alpha value is -2.95. The molecule has 0 unspecified atom stereocenters.